The van der Waals surface area contributed by atoms with Crippen molar-refractivity contribution in [3.63, 3.8) is 0 Å². The predicted molar refractivity (Wildman–Crippen MR) is 397 cm³/mol. The van der Waals surface area contributed by atoms with E-state index in [4.69, 9.17) is 0 Å². The molecule has 8 unspecified atom stereocenters. The molecule has 0 amide bonds. The molecule has 9 rings (SSSR count). The zero-order valence-electron chi connectivity index (χ0n) is 60.7. The summed E-state index contributed by atoms with van der Waals surface area (Å²) in [4.78, 5) is 0. The summed E-state index contributed by atoms with van der Waals surface area (Å²) in [5.74, 6) is 1.96. The van der Waals surface area contributed by atoms with E-state index in [2.05, 4.69) is 208 Å². The van der Waals surface area contributed by atoms with Crippen LogP contribution in [-0.2, 0) is 51.4 Å². The molecule has 0 aliphatic heterocycles. The first kappa shape index (κ1) is 72.4. The number of phenols is 8. The molecule has 1 aliphatic carbocycles. The average molecular weight is 1300 g/mol. The van der Waals surface area contributed by atoms with Crippen LogP contribution in [0, 0.1) is 0 Å². The molecule has 0 saturated heterocycles. The molecular weight excluding hydrogens is 1180 g/mol. The highest BCUT2D eigenvalue weighted by Gasteiger charge is 2.28. The summed E-state index contributed by atoms with van der Waals surface area (Å²) in [6, 6.07) is 33.3. The first-order chi connectivity index (χ1) is 45.8. The van der Waals surface area contributed by atoms with Gasteiger partial charge in [0.2, 0.25) is 0 Å². The lowest BCUT2D eigenvalue weighted by Crippen LogP contribution is -2.06. The number of phenolic OH excluding ortho intramolecular Hbond substituents is 8. The first-order valence-corrected chi connectivity index (χ1v) is 36.5. The number of hydrogen-bond acceptors (Lipinski definition) is 8. The summed E-state index contributed by atoms with van der Waals surface area (Å²) in [6.45, 7) is 34.8. The van der Waals surface area contributed by atoms with Gasteiger partial charge < -0.3 is 40.9 Å². The summed E-state index contributed by atoms with van der Waals surface area (Å²) in [5, 5.41) is 102. The van der Waals surface area contributed by atoms with Crippen LogP contribution in [0.4, 0.5) is 0 Å². The minimum absolute atomic E-state index is 0.110. The second-order valence-corrected chi connectivity index (χ2v) is 29.4. The predicted octanol–water partition coefficient (Wildman–Crippen LogP) is 22.5. The van der Waals surface area contributed by atoms with Crippen molar-refractivity contribution in [3.8, 4) is 46.0 Å². The van der Waals surface area contributed by atoms with Crippen molar-refractivity contribution >= 4 is 0 Å². The zero-order valence-corrected chi connectivity index (χ0v) is 60.7. The molecule has 8 nitrogen and oxygen atoms in total. The molecule has 512 valence electrons. The Morgan fingerprint density at radius 1 is 0.177 bits per heavy atom. The molecule has 0 spiro atoms. The lowest BCUT2D eigenvalue weighted by Gasteiger charge is -2.22. The molecule has 0 heterocycles. The number of aromatic hydroxyl groups is 8. The van der Waals surface area contributed by atoms with Crippen LogP contribution < -0.4 is 0 Å². The summed E-state index contributed by atoms with van der Waals surface area (Å²) in [7, 11) is 0. The standard InChI is InChI=1S/C88H112O8/c1-17-49(9)57-25-65-41-67-27-58(50(10)18-2)29-69(82(67)90)43-71-31-60(52(12)20-4)33-73(84(71)92)45-75-35-62(54(14)22-6)37-77(86(75)94)47-79-39-64(56(16)24-8)40-80(88(79)96)48-78-38-63(55(15)23-7)36-76(87(78)95)46-74-34-61(53(13)21-5)32-72(85(74)93)44-70-30-59(51(11)19-3)28-68(83(70)91)42-66(26-57)81(65)89/h25-40,49-56,89-96H,17-24,41-48H2,1-16H3. The third-order valence-electron chi connectivity index (χ3n) is 22.8. The average Bonchev–Trinajstić information content (AvgIpc) is 0.803. The summed E-state index contributed by atoms with van der Waals surface area (Å²) >= 11 is 0. The molecule has 0 radical (unpaired) electrons. The van der Waals surface area contributed by atoms with Crippen molar-refractivity contribution in [2.24, 2.45) is 0 Å². The highest BCUT2D eigenvalue weighted by molar-refractivity contribution is 5.61. The van der Waals surface area contributed by atoms with E-state index in [1.165, 1.54) is 0 Å². The van der Waals surface area contributed by atoms with Gasteiger partial charge in [0.25, 0.3) is 0 Å². The van der Waals surface area contributed by atoms with Crippen LogP contribution in [0.5, 0.6) is 46.0 Å². The van der Waals surface area contributed by atoms with E-state index < -0.39 is 0 Å². The van der Waals surface area contributed by atoms with E-state index in [0.717, 1.165) is 95.9 Å². The van der Waals surface area contributed by atoms with Crippen molar-refractivity contribution in [2.75, 3.05) is 0 Å². The molecule has 8 N–H and O–H groups in total. The maximum atomic E-state index is 12.8. The molecule has 16 bridgehead atoms. The lowest BCUT2D eigenvalue weighted by atomic mass is 9.84. The second-order valence-electron chi connectivity index (χ2n) is 29.4. The van der Waals surface area contributed by atoms with E-state index >= 15 is 0 Å². The second kappa shape index (κ2) is 31.1. The third-order valence-corrected chi connectivity index (χ3v) is 22.8. The molecule has 8 heteroatoms. The molecule has 0 fully saturated rings. The first-order valence-electron chi connectivity index (χ1n) is 36.5. The Hall–Kier alpha value is -7.84. The van der Waals surface area contributed by atoms with Crippen LogP contribution in [0.2, 0.25) is 0 Å². The van der Waals surface area contributed by atoms with Crippen LogP contribution in [0.3, 0.4) is 0 Å². The van der Waals surface area contributed by atoms with Crippen molar-refractivity contribution in [2.45, 2.75) is 261 Å². The normalized spacial score (nSPS) is 15.5. The Kier molecular flexibility index (Phi) is 23.5. The smallest absolute Gasteiger partial charge is 0.122 e. The molecule has 0 aromatic heterocycles. The van der Waals surface area contributed by atoms with Gasteiger partial charge >= 0.3 is 0 Å². The Bertz CT molecular complexity index is 3120. The number of benzene rings is 8. The van der Waals surface area contributed by atoms with E-state index in [1.807, 2.05) is 0 Å². The Labute approximate surface area is 575 Å². The molecule has 96 heavy (non-hydrogen) atoms. The SMILES string of the molecule is CCC(C)c1cc2c(O)c(c1)Cc1cc(C(C)CC)cc(c1O)Cc1cc(C(C)CC)cc(c1O)Cc1cc(C(C)CC)cc(c1O)Cc1cc(C(C)CC)cc(c1O)Cc1cc(C(C)CC)cc(c1O)Cc1cc(C(C)CC)cc(c1O)Cc1cc(C(C)CC)cc(c1O)C2. The van der Waals surface area contributed by atoms with Crippen molar-refractivity contribution in [1.82, 2.24) is 0 Å². The molecule has 8 aromatic carbocycles. The van der Waals surface area contributed by atoms with Crippen LogP contribution in [0.1, 0.15) is 343 Å². The summed E-state index contributed by atoms with van der Waals surface area (Å²) in [6.07, 6.45) is 8.67. The van der Waals surface area contributed by atoms with E-state index in [1.54, 1.807) is 0 Å². The maximum Gasteiger partial charge on any atom is 0.122 e. The fourth-order valence-corrected chi connectivity index (χ4v) is 14.3. The van der Waals surface area contributed by atoms with Crippen LogP contribution >= 0.6 is 0 Å². The van der Waals surface area contributed by atoms with E-state index in [9.17, 15) is 40.9 Å². The number of fused-ring (bicyclic) bond motifs is 16. The largest absolute Gasteiger partial charge is 0.507 e. The van der Waals surface area contributed by atoms with Crippen LogP contribution in [0.15, 0.2) is 97.1 Å². The Morgan fingerprint density at radius 3 is 0.312 bits per heavy atom. The van der Waals surface area contributed by atoms with Gasteiger partial charge in [0.1, 0.15) is 46.0 Å². The van der Waals surface area contributed by atoms with Gasteiger partial charge in [-0.3, -0.25) is 0 Å². The van der Waals surface area contributed by atoms with Crippen molar-refractivity contribution in [1.29, 1.82) is 0 Å². The fraction of sp³-hybridized carbons (Fsp3) is 0.455. The third kappa shape index (κ3) is 15.6. The minimum Gasteiger partial charge on any atom is -0.507 e. The van der Waals surface area contributed by atoms with Gasteiger partial charge in [0.15, 0.2) is 0 Å². The fourth-order valence-electron chi connectivity index (χ4n) is 14.3. The van der Waals surface area contributed by atoms with Gasteiger partial charge in [-0.2, -0.15) is 0 Å². The monoisotopic (exact) mass is 1300 g/mol. The van der Waals surface area contributed by atoms with E-state index in [0.29, 0.717) is 89.0 Å². The van der Waals surface area contributed by atoms with Crippen molar-refractivity contribution < 1.29 is 40.9 Å². The summed E-state index contributed by atoms with van der Waals surface area (Å²) in [5.41, 5.74) is 19.1. The lowest BCUT2D eigenvalue weighted by molar-refractivity contribution is 0.451. The molecule has 1 aliphatic rings. The van der Waals surface area contributed by atoms with Gasteiger partial charge in [0, 0.05) is 51.4 Å². The Balaban J connectivity index is 1.32. The van der Waals surface area contributed by atoms with Gasteiger partial charge in [0.05, 0.1) is 0 Å². The Morgan fingerprint density at radius 2 is 0.250 bits per heavy atom. The molecule has 0 saturated carbocycles. The molecule has 8 aromatic rings. The minimum atomic E-state index is 0.110. The quantitative estimate of drug-likeness (QED) is 0.0474. The maximum absolute atomic E-state index is 12.8. The van der Waals surface area contributed by atoms with Crippen LogP contribution in [-0.4, -0.2) is 40.9 Å². The highest BCUT2D eigenvalue weighted by atomic mass is 16.3. The van der Waals surface area contributed by atoms with Gasteiger partial charge in [-0.25, -0.2) is 0 Å². The molecule has 8 atom stereocenters. The number of hydrogen-bond donors (Lipinski definition) is 8. The van der Waals surface area contributed by atoms with Crippen LogP contribution in [0.25, 0.3) is 0 Å². The van der Waals surface area contributed by atoms with Gasteiger partial charge in [-0.15, -0.1) is 0 Å². The highest BCUT2D eigenvalue weighted by Crippen LogP contribution is 2.46. The summed E-state index contributed by atoms with van der Waals surface area (Å²) < 4.78 is 0. The van der Waals surface area contributed by atoms with Crippen molar-refractivity contribution in [3.05, 3.63) is 231 Å². The molecular formula is C88H112O8. The van der Waals surface area contributed by atoms with Gasteiger partial charge in [-0.05, 0) is 232 Å². The van der Waals surface area contributed by atoms with E-state index in [-0.39, 0.29) is 145 Å². The van der Waals surface area contributed by atoms with Gasteiger partial charge in [-0.1, -0.05) is 208 Å². The number of rotatable bonds is 16. The topological polar surface area (TPSA) is 162 Å². The zero-order chi connectivity index (χ0) is 69.7.